The first-order valence-electron chi connectivity index (χ1n) is 4.36. The van der Waals surface area contributed by atoms with E-state index in [2.05, 4.69) is 0 Å². The normalized spacial score (nSPS) is 11.9. The van der Waals surface area contributed by atoms with Crippen molar-refractivity contribution in [1.29, 1.82) is 5.26 Å². The van der Waals surface area contributed by atoms with Gasteiger partial charge in [0, 0.05) is 16.5 Å². The molecule has 1 unspecified atom stereocenters. The van der Waals surface area contributed by atoms with Crippen LogP contribution in [-0.2, 0) is 0 Å². The van der Waals surface area contributed by atoms with Gasteiger partial charge in [-0.05, 0) is 18.2 Å². The topological polar surface area (TPSA) is 59.0 Å². The lowest BCUT2D eigenvalue weighted by atomic mass is 10.2. The van der Waals surface area contributed by atoms with Gasteiger partial charge in [-0.3, -0.25) is 0 Å². The van der Waals surface area contributed by atoms with E-state index in [1.807, 2.05) is 6.07 Å². The van der Waals surface area contributed by atoms with Crippen LogP contribution < -0.4 is 10.5 Å². The maximum absolute atomic E-state index is 8.45. The first kappa shape index (κ1) is 12.1. The van der Waals surface area contributed by atoms with Crippen LogP contribution in [0.5, 0.6) is 5.75 Å². The minimum atomic E-state index is -0.500. The third-order valence-corrected chi connectivity index (χ3v) is 2.14. The van der Waals surface area contributed by atoms with Gasteiger partial charge in [-0.2, -0.15) is 5.26 Å². The molecule has 0 aliphatic rings. The quantitative estimate of drug-likeness (QED) is 0.886. The molecule has 0 radical (unpaired) electrons. The molecule has 0 aliphatic carbocycles. The average Bonchev–Trinajstić information content (AvgIpc) is 2.16. The molecule has 0 saturated carbocycles. The van der Waals surface area contributed by atoms with Crippen LogP contribution in [0.4, 0.5) is 0 Å². The van der Waals surface area contributed by atoms with E-state index in [9.17, 15) is 0 Å². The monoisotopic (exact) mass is 244 g/mol. The molecule has 1 atom stereocenters. The number of nitrogens with zero attached hydrogens (tertiary/aromatic N) is 1. The van der Waals surface area contributed by atoms with Crippen LogP contribution in [0.1, 0.15) is 6.42 Å². The summed E-state index contributed by atoms with van der Waals surface area (Å²) in [5, 5.41) is 9.48. The Kier molecular flexibility index (Phi) is 4.70. The van der Waals surface area contributed by atoms with Crippen LogP contribution in [0, 0.1) is 11.3 Å². The maximum atomic E-state index is 8.45. The van der Waals surface area contributed by atoms with E-state index in [0.717, 1.165) is 0 Å². The van der Waals surface area contributed by atoms with Gasteiger partial charge in [0.05, 0.1) is 18.7 Å². The molecule has 0 bridgehead atoms. The predicted molar refractivity (Wildman–Crippen MR) is 60.2 cm³/mol. The molecule has 1 aromatic rings. The zero-order chi connectivity index (χ0) is 11.3. The summed E-state index contributed by atoms with van der Waals surface area (Å²) in [5.74, 6) is 0.581. The van der Waals surface area contributed by atoms with E-state index in [1.165, 1.54) is 0 Å². The van der Waals surface area contributed by atoms with Crippen LogP contribution in [0.2, 0.25) is 10.0 Å². The first-order valence-corrected chi connectivity index (χ1v) is 5.11. The number of nitrogens with two attached hydrogens (primary N) is 1. The fraction of sp³-hybridized carbons (Fsp3) is 0.300. The van der Waals surface area contributed by atoms with Gasteiger partial charge in [-0.1, -0.05) is 23.2 Å². The molecule has 0 fully saturated rings. The number of nitriles is 1. The molecule has 1 aromatic carbocycles. The van der Waals surface area contributed by atoms with E-state index in [4.69, 9.17) is 38.9 Å². The lowest BCUT2D eigenvalue weighted by Crippen LogP contribution is -2.20. The average molecular weight is 245 g/mol. The summed E-state index contributed by atoms with van der Waals surface area (Å²) in [7, 11) is 0. The van der Waals surface area contributed by atoms with Crippen molar-refractivity contribution < 1.29 is 4.74 Å². The Labute approximate surface area is 98.3 Å². The van der Waals surface area contributed by atoms with Crippen molar-refractivity contribution in [3.63, 3.8) is 0 Å². The van der Waals surface area contributed by atoms with Gasteiger partial charge >= 0.3 is 0 Å². The standard InChI is InChI=1S/C10H10Cl2N2O/c11-7-3-8(12)5-10(4-7)15-2-1-9(14)6-13/h3-5,9H,1-2,14H2. The Bertz CT molecular complexity index is 356. The summed E-state index contributed by atoms with van der Waals surface area (Å²) >= 11 is 11.6. The number of hydrogen-bond donors (Lipinski definition) is 1. The van der Waals surface area contributed by atoms with Gasteiger partial charge in [0.25, 0.3) is 0 Å². The zero-order valence-corrected chi connectivity index (χ0v) is 9.42. The van der Waals surface area contributed by atoms with Gasteiger partial charge in [-0.25, -0.2) is 0 Å². The Hall–Kier alpha value is -0.950. The SMILES string of the molecule is N#CC(N)CCOc1cc(Cl)cc(Cl)c1. The molecule has 2 N–H and O–H groups in total. The van der Waals surface area contributed by atoms with Gasteiger partial charge in [0.15, 0.2) is 0 Å². The minimum absolute atomic E-state index is 0.366. The molecule has 0 heterocycles. The second kappa shape index (κ2) is 5.82. The largest absolute Gasteiger partial charge is 0.493 e. The van der Waals surface area contributed by atoms with Crippen molar-refractivity contribution in [2.45, 2.75) is 12.5 Å². The molecule has 0 amide bonds. The van der Waals surface area contributed by atoms with Crippen molar-refractivity contribution >= 4 is 23.2 Å². The van der Waals surface area contributed by atoms with Gasteiger partial charge in [0.1, 0.15) is 5.75 Å². The van der Waals surface area contributed by atoms with Crippen LogP contribution >= 0.6 is 23.2 Å². The predicted octanol–water partition coefficient (Wildman–Crippen LogP) is 2.61. The molecular formula is C10H10Cl2N2O. The maximum Gasteiger partial charge on any atom is 0.122 e. The number of hydrogen-bond acceptors (Lipinski definition) is 3. The molecule has 15 heavy (non-hydrogen) atoms. The van der Waals surface area contributed by atoms with E-state index < -0.39 is 6.04 Å². The highest BCUT2D eigenvalue weighted by molar-refractivity contribution is 6.34. The van der Waals surface area contributed by atoms with Crippen LogP contribution in [0.25, 0.3) is 0 Å². The van der Waals surface area contributed by atoms with E-state index in [-0.39, 0.29) is 0 Å². The van der Waals surface area contributed by atoms with E-state index in [0.29, 0.717) is 28.8 Å². The third kappa shape index (κ3) is 4.39. The van der Waals surface area contributed by atoms with Gasteiger partial charge < -0.3 is 10.5 Å². The first-order chi connectivity index (χ1) is 7.11. The third-order valence-electron chi connectivity index (χ3n) is 1.70. The second-order valence-corrected chi connectivity index (χ2v) is 3.85. The van der Waals surface area contributed by atoms with Crippen LogP contribution in [-0.4, -0.2) is 12.6 Å². The Morgan fingerprint density at radius 2 is 1.93 bits per heavy atom. The highest BCUT2D eigenvalue weighted by atomic mass is 35.5. The number of benzene rings is 1. The second-order valence-electron chi connectivity index (χ2n) is 2.98. The lowest BCUT2D eigenvalue weighted by Gasteiger charge is -2.07. The molecule has 0 aromatic heterocycles. The summed E-state index contributed by atoms with van der Waals surface area (Å²) in [6, 6.07) is 6.36. The minimum Gasteiger partial charge on any atom is -0.493 e. The molecule has 80 valence electrons. The van der Waals surface area contributed by atoms with Crippen LogP contribution in [0.15, 0.2) is 18.2 Å². The number of ether oxygens (including phenoxy) is 1. The molecule has 0 spiro atoms. The molecule has 1 rings (SSSR count). The Balaban J connectivity index is 2.48. The highest BCUT2D eigenvalue weighted by Crippen LogP contribution is 2.24. The van der Waals surface area contributed by atoms with Crippen molar-refractivity contribution in [2.75, 3.05) is 6.61 Å². The van der Waals surface area contributed by atoms with Crippen molar-refractivity contribution in [1.82, 2.24) is 0 Å². The van der Waals surface area contributed by atoms with Crippen molar-refractivity contribution in [3.8, 4) is 11.8 Å². The smallest absolute Gasteiger partial charge is 0.122 e. The molecular weight excluding hydrogens is 235 g/mol. The van der Waals surface area contributed by atoms with Gasteiger partial charge in [0.2, 0.25) is 0 Å². The summed E-state index contributed by atoms with van der Waals surface area (Å²) in [6.45, 7) is 0.366. The van der Waals surface area contributed by atoms with Crippen molar-refractivity contribution in [3.05, 3.63) is 28.2 Å². The number of halogens is 2. The Morgan fingerprint density at radius 3 is 2.47 bits per heavy atom. The van der Waals surface area contributed by atoms with Gasteiger partial charge in [-0.15, -0.1) is 0 Å². The fourth-order valence-electron chi connectivity index (χ4n) is 0.980. The summed E-state index contributed by atoms with van der Waals surface area (Å²) in [5.41, 5.74) is 5.40. The summed E-state index contributed by atoms with van der Waals surface area (Å²) < 4.78 is 5.34. The van der Waals surface area contributed by atoms with Crippen molar-refractivity contribution in [2.24, 2.45) is 5.73 Å². The Morgan fingerprint density at radius 1 is 1.33 bits per heavy atom. The van der Waals surface area contributed by atoms with Crippen LogP contribution in [0.3, 0.4) is 0 Å². The zero-order valence-electron chi connectivity index (χ0n) is 7.91. The molecule has 0 aliphatic heterocycles. The van der Waals surface area contributed by atoms with E-state index >= 15 is 0 Å². The molecule has 5 heteroatoms. The summed E-state index contributed by atoms with van der Waals surface area (Å²) in [4.78, 5) is 0. The fourth-order valence-corrected chi connectivity index (χ4v) is 1.49. The number of rotatable bonds is 4. The lowest BCUT2D eigenvalue weighted by molar-refractivity contribution is 0.306. The molecule has 3 nitrogen and oxygen atoms in total. The van der Waals surface area contributed by atoms with E-state index in [1.54, 1.807) is 18.2 Å². The highest BCUT2D eigenvalue weighted by Gasteiger charge is 2.02. The molecule has 0 saturated heterocycles. The summed E-state index contributed by atoms with van der Waals surface area (Å²) in [6.07, 6.45) is 0.473.